The first kappa shape index (κ1) is 16.2. The molecular formula is C18H21N5O. The van der Waals surface area contributed by atoms with E-state index in [0.717, 1.165) is 22.2 Å². The average Bonchev–Trinajstić information content (AvgIpc) is 2.93. The van der Waals surface area contributed by atoms with Gasteiger partial charge in [0.15, 0.2) is 5.78 Å². The molecule has 6 nitrogen and oxygen atoms in total. The van der Waals surface area contributed by atoms with Crippen LogP contribution in [0.3, 0.4) is 0 Å². The number of carbonyl (C=O) groups is 1. The molecule has 3 aromatic rings. The molecule has 0 N–H and O–H groups in total. The van der Waals surface area contributed by atoms with Gasteiger partial charge in [0, 0.05) is 30.3 Å². The summed E-state index contributed by atoms with van der Waals surface area (Å²) >= 11 is 0. The third-order valence-electron chi connectivity index (χ3n) is 4.35. The van der Waals surface area contributed by atoms with E-state index < -0.39 is 0 Å². The van der Waals surface area contributed by atoms with Gasteiger partial charge in [0.05, 0.1) is 23.4 Å². The van der Waals surface area contributed by atoms with Crippen molar-refractivity contribution in [1.82, 2.24) is 24.7 Å². The van der Waals surface area contributed by atoms with Crippen LogP contribution in [0.15, 0.2) is 24.7 Å². The first-order valence-corrected chi connectivity index (χ1v) is 8.06. The van der Waals surface area contributed by atoms with Crippen LogP contribution in [0.25, 0.3) is 22.2 Å². The van der Waals surface area contributed by atoms with E-state index in [1.54, 1.807) is 25.5 Å². The van der Waals surface area contributed by atoms with Gasteiger partial charge in [-0.15, -0.1) is 0 Å². The molecule has 0 saturated carbocycles. The number of hydrogen-bond acceptors (Lipinski definition) is 5. The number of fused-ring (bicyclic) bond motifs is 1. The second-order valence-electron chi connectivity index (χ2n) is 6.44. The zero-order chi connectivity index (χ0) is 17.4. The lowest BCUT2D eigenvalue weighted by Gasteiger charge is -2.17. The van der Waals surface area contributed by atoms with Gasteiger partial charge < -0.3 is 0 Å². The number of ketones is 1. The Labute approximate surface area is 141 Å². The van der Waals surface area contributed by atoms with Gasteiger partial charge in [-0.2, -0.15) is 5.10 Å². The number of rotatable bonds is 4. The topological polar surface area (TPSA) is 73.6 Å². The highest BCUT2D eigenvalue weighted by Crippen LogP contribution is 2.28. The zero-order valence-electron chi connectivity index (χ0n) is 14.6. The summed E-state index contributed by atoms with van der Waals surface area (Å²) in [5.74, 6) is 1.06. The Bertz CT molecular complexity index is 896. The molecule has 0 fully saturated rings. The van der Waals surface area contributed by atoms with E-state index >= 15 is 0 Å². The maximum Gasteiger partial charge on any atom is 0.180 e. The van der Waals surface area contributed by atoms with E-state index in [0.29, 0.717) is 17.4 Å². The van der Waals surface area contributed by atoms with E-state index in [1.165, 1.54) is 0 Å². The van der Waals surface area contributed by atoms with E-state index in [2.05, 4.69) is 40.8 Å². The van der Waals surface area contributed by atoms with Crippen molar-refractivity contribution >= 4 is 16.7 Å². The van der Waals surface area contributed by atoms with Gasteiger partial charge in [-0.25, -0.2) is 9.97 Å². The molecule has 0 bridgehead atoms. The SMILES string of the molecule is CC(=O)c1nn(C(C)C(C)C)c2cnc(-c3cnc(C)nc3)cc12. The molecule has 0 spiro atoms. The lowest BCUT2D eigenvalue weighted by molar-refractivity contribution is 0.101. The van der Waals surface area contributed by atoms with Crippen molar-refractivity contribution in [2.24, 2.45) is 5.92 Å². The third-order valence-corrected chi connectivity index (χ3v) is 4.35. The second-order valence-corrected chi connectivity index (χ2v) is 6.44. The maximum absolute atomic E-state index is 12.0. The number of hydrogen-bond donors (Lipinski definition) is 0. The van der Waals surface area contributed by atoms with Crippen molar-refractivity contribution in [3.63, 3.8) is 0 Å². The molecule has 1 atom stereocenters. The number of aryl methyl sites for hydroxylation is 1. The summed E-state index contributed by atoms with van der Waals surface area (Å²) in [5.41, 5.74) is 2.91. The normalized spacial score (nSPS) is 12.8. The minimum Gasteiger partial charge on any atom is -0.293 e. The van der Waals surface area contributed by atoms with Crippen molar-refractivity contribution in [2.45, 2.75) is 40.7 Å². The van der Waals surface area contributed by atoms with Crippen LogP contribution in [-0.2, 0) is 0 Å². The van der Waals surface area contributed by atoms with Gasteiger partial charge in [0.25, 0.3) is 0 Å². The Balaban J connectivity index is 2.20. The smallest absolute Gasteiger partial charge is 0.180 e. The first-order chi connectivity index (χ1) is 11.4. The summed E-state index contributed by atoms with van der Waals surface area (Å²) in [6.45, 7) is 9.75. The lowest BCUT2D eigenvalue weighted by atomic mass is 10.1. The predicted molar refractivity (Wildman–Crippen MR) is 92.8 cm³/mol. The van der Waals surface area contributed by atoms with Crippen molar-refractivity contribution in [2.75, 3.05) is 0 Å². The fraction of sp³-hybridized carbons (Fsp3) is 0.389. The van der Waals surface area contributed by atoms with Crippen LogP contribution in [0.5, 0.6) is 0 Å². The summed E-state index contributed by atoms with van der Waals surface area (Å²) in [5, 5.41) is 5.37. The van der Waals surface area contributed by atoms with Crippen LogP contribution in [0.1, 0.15) is 50.0 Å². The summed E-state index contributed by atoms with van der Waals surface area (Å²) in [6, 6.07) is 2.08. The first-order valence-electron chi connectivity index (χ1n) is 8.06. The van der Waals surface area contributed by atoms with Crippen molar-refractivity contribution < 1.29 is 4.79 Å². The van der Waals surface area contributed by atoms with E-state index in [4.69, 9.17) is 0 Å². The molecule has 0 saturated heterocycles. The Hall–Kier alpha value is -2.63. The minimum absolute atomic E-state index is 0.0491. The van der Waals surface area contributed by atoms with Gasteiger partial charge in [0.2, 0.25) is 0 Å². The van der Waals surface area contributed by atoms with Gasteiger partial charge >= 0.3 is 0 Å². The number of carbonyl (C=O) groups excluding carboxylic acids is 1. The molecule has 0 aromatic carbocycles. The van der Waals surface area contributed by atoms with Crippen LogP contribution >= 0.6 is 0 Å². The zero-order valence-corrected chi connectivity index (χ0v) is 14.6. The second kappa shape index (κ2) is 6.11. The highest BCUT2D eigenvalue weighted by atomic mass is 16.1. The Morgan fingerprint density at radius 3 is 2.33 bits per heavy atom. The molecule has 24 heavy (non-hydrogen) atoms. The number of pyridine rings is 1. The van der Waals surface area contributed by atoms with Crippen molar-refractivity contribution in [3.8, 4) is 11.3 Å². The standard InChI is InChI=1S/C18H21N5O/c1-10(2)11(3)23-17-9-21-16(14-7-19-13(5)20-8-14)6-15(17)18(22-23)12(4)24/h6-11H,1-5H3. The molecule has 124 valence electrons. The third kappa shape index (κ3) is 2.79. The monoisotopic (exact) mass is 323 g/mol. The van der Waals surface area contributed by atoms with Crippen LogP contribution in [0.4, 0.5) is 0 Å². The average molecular weight is 323 g/mol. The predicted octanol–water partition coefficient (Wildman–Crippen LogP) is 3.62. The van der Waals surface area contributed by atoms with Gasteiger partial charge in [-0.05, 0) is 25.8 Å². The van der Waals surface area contributed by atoms with Crippen LogP contribution in [-0.4, -0.2) is 30.5 Å². The summed E-state index contributed by atoms with van der Waals surface area (Å²) < 4.78 is 1.90. The van der Waals surface area contributed by atoms with Crippen molar-refractivity contribution in [1.29, 1.82) is 0 Å². The molecule has 0 aliphatic carbocycles. The van der Waals surface area contributed by atoms with Crippen LogP contribution in [0, 0.1) is 12.8 Å². The molecule has 0 radical (unpaired) electrons. The minimum atomic E-state index is -0.0491. The van der Waals surface area contributed by atoms with E-state index in [9.17, 15) is 4.79 Å². The Morgan fingerprint density at radius 2 is 1.75 bits per heavy atom. The maximum atomic E-state index is 12.0. The van der Waals surface area contributed by atoms with E-state index in [1.807, 2.05) is 17.7 Å². The molecule has 0 aliphatic heterocycles. The number of aromatic nitrogens is 5. The fourth-order valence-electron chi connectivity index (χ4n) is 2.57. The van der Waals surface area contributed by atoms with Gasteiger partial charge in [-0.3, -0.25) is 14.5 Å². The Kier molecular flexibility index (Phi) is 4.13. The molecule has 3 heterocycles. The van der Waals surface area contributed by atoms with Crippen molar-refractivity contribution in [3.05, 3.63) is 36.2 Å². The molecule has 3 rings (SSSR count). The summed E-state index contributed by atoms with van der Waals surface area (Å²) in [6.07, 6.45) is 5.26. The number of nitrogens with zero attached hydrogens (tertiary/aromatic N) is 5. The molecule has 0 amide bonds. The lowest BCUT2D eigenvalue weighted by Crippen LogP contribution is -2.13. The van der Waals surface area contributed by atoms with Gasteiger partial charge in [-0.1, -0.05) is 13.8 Å². The largest absolute Gasteiger partial charge is 0.293 e. The molecule has 1 unspecified atom stereocenters. The highest BCUT2D eigenvalue weighted by Gasteiger charge is 2.20. The summed E-state index contributed by atoms with van der Waals surface area (Å²) in [4.78, 5) is 25.0. The Morgan fingerprint density at radius 1 is 1.08 bits per heavy atom. The molecule has 3 aromatic heterocycles. The summed E-state index contributed by atoms with van der Waals surface area (Å²) in [7, 11) is 0. The molecule has 0 aliphatic rings. The van der Waals surface area contributed by atoms with Gasteiger partial charge in [0.1, 0.15) is 11.5 Å². The highest BCUT2D eigenvalue weighted by molar-refractivity contribution is 6.05. The molecular weight excluding hydrogens is 302 g/mol. The van der Waals surface area contributed by atoms with Crippen LogP contribution < -0.4 is 0 Å². The fourth-order valence-corrected chi connectivity index (χ4v) is 2.57. The van der Waals surface area contributed by atoms with E-state index in [-0.39, 0.29) is 11.8 Å². The van der Waals surface area contributed by atoms with Crippen LogP contribution in [0.2, 0.25) is 0 Å². The number of Topliss-reactive ketones (excluding diaryl/α,β-unsaturated/α-hetero) is 1. The molecule has 6 heteroatoms. The quantitative estimate of drug-likeness (QED) is 0.686.